The van der Waals surface area contributed by atoms with Crippen molar-refractivity contribution in [3.05, 3.63) is 118 Å². The predicted octanol–water partition coefficient (Wildman–Crippen LogP) is 6.34. The molecule has 51 heavy (non-hydrogen) atoms. The lowest BCUT2D eigenvalue weighted by Gasteiger charge is -2.39. The number of methoxy groups -OCH3 is 2. The highest BCUT2D eigenvalue weighted by atomic mass is 16.7. The van der Waals surface area contributed by atoms with Crippen LogP contribution in [0.3, 0.4) is 0 Å². The fraction of sp³-hybridized carbons (Fsp3) is 0.366. The molecular formula is C41H46N2O8. The summed E-state index contributed by atoms with van der Waals surface area (Å²) in [6.07, 6.45) is 1.17. The quantitative estimate of drug-likeness (QED) is 0.139. The van der Waals surface area contributed by atoms with Crippen LogP contribution in [0.4, 0.5) is 0 Å². The van der Waals surface area contributed by atoms with Gasteiger partial charge in [0.1, 0.15) is 0 Å². The number of rotatable bonds is 14. The van der Waals surface area contributed by atoms with Crippen LogP contribution in [0, 0.1) is 0 Å². The zero-order chi connectivity index (χ0) is 35.7. The van der Waals surface area contributed by atoms with E-state index in [1.165, 1.54) is 11.1 Å². The third-order valence-electron chi connectivity index (χ3n) is 9.58. The van der Waals surface area contributed by atoms with E-state index in [0.29, 0.717) is 19.4 Å². The number of ether oxygens (including phenoxy) is 4. The van der Waals surface area contributed by atoms with Gasteiger partial charge >= 0.3 is 5.97 Å². The molecule has 6 rings (SSSR count). The molecule has 2 heterocycles. The SMILES string of the molecule is COc1cc2c(cc1OC)CN(CC1CC(c3ccc(CO)cc3)OC(c3cccc(-c4cccc(CNC(=O)CCCC(=O)O)c4)c3)O1)CC2. The topological polar surface area (TPSA) is 127 Å². The van der Waals surface area contributed by atoms with Crippen LogP contribution in [0.2, 0.25) is 0 Å². The van der Waals surface area contributed by atoms with Crippen molar-refractivity contribution in [3.63, 3.8) is 0 Å². The normalized spacial score (nSPS) is 18.8. The van der Waals surface area contributed by atoms with Crippen molar-refractivity contribution >= 4 is 11.9 Å². The number of amides is 1. The Hall–Kier alpha value is -4.74. The number of nitrogens with zero attached hydrogens (tertiary/aromatic N) is 1. The molecule has 2 aliphatic heterocycles. The number of carboxylic acids is 1. The van der Waals surface area contributed by atoms with Gasteiger partial charge in [0.25, 0.3) is 0 Å². The Balaban J connectivity index is 1.18. The van der Waals surface area contributed by atoms with E-state index in [-0.39, 0.29) is 37.6 Å². The van der Waals surface area contributed by atoms with Gasteiger partial charge in [-0.05, 0) is 76.1 Å². The molecule has 2 aliphatic rings. The van der Waals surface area contributed by atoms with Crippen molar-refractivity contribution in [1.82, 2.24) is 10.2 Å². The highest BCUT2D eigenvalue weighted by Crippen LogP contribution is 2.40. The van der Waals surface area contributed by atoms with Crippen molar-refractivity contribution in [3.8, 4) is 22.6 Å². The minimum atomic E-state index is -0.902. The minimum Gasteiger partial charge on any atom is -0.493 e. The number of benzene rings is 4. The van der Waals surface area contributed by atoms with Crippen molar-refractivity contribution in [2.45, 2.75) is 70.3 Å². The van der Waals surface area contributed by atoms with E-state index in [1.807, 2.05) is 66.7 Å². The first kappa shape index (κ1) is 36.1. The molecule has 3 atom stereocenters. The second kappa shape index (κ2) is 17.0. The number of nitrogens with one attached hydrogen (secondary N) is 1. The number of carboxylic acid groups (broad SMARTS) is 1. The van der Waals surface area contributed by atoms with Crippen LogP contribution in [-0.4, -0.2) is 60.4 Å². The van der Waals surface area contributed by atoms with E-state index >= 15 is 0 Å². The fourth-order valence-electron chi connectivity index (χ4n) is 6.83. The van der Waals surface area contributed by atoms with E-state index in [0.717, 1.165) is 70.9 Å². The summed E-state index contributed by atoms with van der Waals surface area (Å²) in [5.74, 6) is 0.413. The monoisotopic (exact) mass is 694 g/mol. The lowest BCUT2D eigenvalue weighted by atomic mass is 9.96. The molecule has 1 fully saturated rings. The first-order valence-electron chi connectivity index (χ1n) is 17.5. The van der Waals surface area contributed by atoms with E-state index in [2.05, 4.69) is 28.4 Å². The number of carbonyl (C=O) groups is 2. The first-order chi connectivity index (χ1) is 24.8. The molecule has 0 radical (unpaired) electrons. The van der Waals surface area contributed by atoms with Gasteiger partial charge in [0.05, 0.1) is 33.0 Å². The number of aliphatic hydroxyl groups is 1. The molecule has 10 heteroatoms. The average molecular weight is 695 g/mol. The Morgan fingerprint density at radius 1 is 0.843 bits per heavy atom. The van der Waals surface area contributed by atoms with Crippen LogP contribution in [0.1, 0.15) is 71.5 Å². The summed E-state index contributed by atoms with van der Waals surface area (Å²) < 4.78 is 24.5. The summed E-state index contributed by atoms with van der Waals surface area (Å²) in [5.41, 5.74) is 8.24. The van der Waals surface area contributed by atoms with Crippen molar-refractivity contribution in [2.24, 2.45) is 0 Å². The number of hydrogen-bond acceptors (Lipinski definition) is 8. The van der Waals surface area contributed by atoms with Crippen LogP contribution < -0.4 is 14.8 Å². The highest BCUT2D eigenvalue weighted by molar-refractivity contribution is 5.76. The minimum absolute atomic E-state index is 0.0135. The zero-order valence-corrected chi connectivity index (χ0v) is 29.2. The van der Waals surface area contributed by atoms with E-state index in [1.54, 1.807) is 14.2 Å². The maximum atomic E-state index is 12.2. The Kier molecular flexibility index (Phi) is 12.0. The third-order valence-corrected chi connectivity index (χ3v) is 9.58. The van der Waals surface area contributed by atoms with Gasteiger partial charge in [0, 0.05) is 51.0 Å². The number of carbonyl (C=O) groups excluding carboxylic acids is 1. The number of aliphatic hydroxyl groups excluding tert-OH is 1. The van der Waals surface area contributed by atoms with Crippen molar-refractivity contribution < 1.29 is 38.7 Å². The molecular weight excluding hydrogens is 648 g/mol. The molecule has 1 amide bonds. The lowest BCUT2D eigenvalue weighted by Crippen LogP contribution is -2.41. The Labute approximate surface area is 298 Å². The molecule has 0 bridgehead atoms. The number of fused-ring (bicyclic) bond motifs is 1. The molecule has 0 aromatic heterocycles. The molecule has 4 aromatic carbocycles. The van der Waals surface area contributed by atoms with Crippen LogP contribution in [0.25, 0.3) is 11.1 Å². The molecule has 3 N–H and O–H groups in total. The van der Waals surface area contributed by atoms with Gasteiger partial charge in [-0.15, -0.1) is 0 Å². The van der Waals surface area contributed by atoms with Crippen LogP contribution in [0.15, 0.2) is 84.9 Å². The Morgan fingerprint density at radius 2 is 1.57 bits per heavy atom. The van der Waals surface area contributed by atoms with Gasteiger partial charge in [-0.3, -0.25) is 14.5 Å². The smallest absolute Gasteiger partial charge is 0.303 e. The summed E-state index contributed by atoms with van der Waals surface area (Å²) in [4.78, 5) is 25.4. The molecule has 3 unspecified atom stereocenters. The van der Waals surface area contributed by atoms with Gasteiger partial charge in [-0.1, -0.05) is 60.7 Å². The van der Waals surface area contributed by atoms with E-state index in [4.69, 9.17) is 24.1 Å². The third kappa shape index (κ3) is 9.33. The summed E-state index contributed by atoms with van der Waals surface area (Å²) in [5, 5.41) is 21.3. The summed E-state index contributed by atoms with van der Waals surface area (Å²) in [7, 11) is 3.33. The van der Waals surface area contributed by atoms with Crippen LogP contribution in [-0.2, 0) is 45.2 Å². The van der Waals surface area contributed by atoms with Gasteiger partial charge in [0.2, 0.25) is 5.91 Å². The molecule has 0 spiro atoms. The average Bonchev–Trinajstić information content (AvgIpc) is 3.16. The standard InChI is InChI=1S/C41H46N2O8/c1-48-37-20-32-16-17-43(24-34(32)21-38(37)49-2)25-35-22-36(29-14-12-27(26-44)13-15-29)51-41(50-35)33-9-4-8-31(19-33)30-7-3-6-28(18-30)23-42-39(45)10-5-11-40(46)47/h3-4,6-9,12-15,18-21,35-36,41,44H,5,10-11,16-17,22-26H2,1-2H3,(H,42,45)(H,46,47). The lowest BCUT2D eigenvalue weighted by molar-refractivity contribution is -0.253. The van der Waals surface area contributed by atoms with Gasteiger partial charge in [-0.2, -0.15) is 0 Å². The summed E-state index contributed by atoms with van der Waals surface area (Å²) in [6, 6.07) is 28.3. The van der Waals surface area contributed by atoms with Crippen molar-refractivity contribution in [1.29, 1.82) is 0 Å². The zero-order valence-electron chi connectivity index (χ0n) is 29.2. The van der Waals surface area contributed by atoms with E-state index < -0.39 is 12.3 Å². The Morgan fingerprint density at radius 3 is 2.29 bits per heavy atom. The van der Waals surface area contributed by atoms with Gasteiger partial charge in [-0.25, -0.2) is 0 Å². The maximum Gasteiger partial charge on any atom is 0.303 e. The predicted molar refractivity (Wildman–Crippen MR) is 192 cm³/mol. The van der Waals surface area contributed by atoms with Gasteiger partial charge < -0.3 is 34.5 Å². The fourth-order valence-corrected chi connectivity index (χ4v) is 6.83. The largest absolute Gasteiger partial charge is 0.493 e. The second-order valence-electron chi connectivity index (χ2n) is 13.2. The van der Waals surface area contributed by atoms with Crippen LogP contribution >= 0.6 is 0 Å². The molecule has 268 valence electrons. The summed E-state index contributed by atoms with van der Waals surface area (Å²) in [6.45, 7) is 2.76. The number of hydrogen-bond donors (Lipinski definition) is 3. The van der Waals surface area contributed by atoms with Crippen LogP contribution in [0.5, 0.6) is 11.5 Å². The molecule has 1 saturated heterocycles. The highest BCUT2D eigenvalue weighted by Gasteiger charge is 2.34. The molecule has 0 aliphatic carbocycles. The Bertz CT molecular complexity index is 1810. The summed E-state index contributed by atoms with van der Waals surface area (Å²) >= 11 is 0. The van der Waals surface area contributed by atoms with Gasteiger partial charge in [0.15, 0.2) is 17.8 Å². The molecule has 10 nitrogen and oxygen atoms in total. The maximum absolute atomic E-state index is 12.2. The molecule has 0 saturated carbocycles. The number of aliphatic carboxylic acids is 1. The molecule has 4 aromatic rings. The second-order valence-corrected chi connectivity index (χ2v) is 13.2. The first-order valence-corrected chi connectivity index (χ1v) is 17.5. The van der Waals surface area contributed by atoms with E-state index in [9.17, 15) is 14.7 Å². The van der Waals surface area contributed by atoms with Crippen molar-refractivity contribution in [2.75, 3.05) is 27.3 Å².